The standard InChI is InChI=1S/C14H20F3NO2/c15-14(16,17)12-7-8-13(18-11-12)20-10-6-4-2-1-3-5-9-19/h7-8,11,19H,1-6,9-10H2. The van der Waals surface area contributed by atoms with Crippen molar-refractivity contribution >= 4 is 0 Å². The first-order valence-corrected chi connectivity index (χ1v) is 6.81. The van der Waals surface area contributed by atoms with Gasteiger partial charge in [0.25, 0.3) is 0 Å². The highest BCUT2D eigenvalue weighted by atomic mass is 19.4. The Balaban J connectivity index is 2.13. The molecule has 0 aliphatic heterocycles. The van der Waals surface area contributed by atoms with Gasteiger partial charge < -0.3 is 9.84 Å². The molecule has 0 aliphatic rings. The molecule has 0 amide bonds. The van der Waals surface area contributed by atoms with Crippen molar-refractivity contribution in [2.45, 2.75) is 44.7 Å². The van der Waals surface area contributed by atoms with E-state index in [0.29, 0.717) is 6.61 Å². The van der Waals surface area contributed by atoms with E-state index >= 15 is 0 Å². The Labute approximate surface area is 116 Å². The third kappa shape index (κ3) is 6.75. The van der Waals surface area contributed by atoms with Crippen molar-refractivity contribution in [2.75, 3.05) is 13.2 Å². The van der Waals surface area contributed by atoms with Crippen LogP contribution in [0.2, 0.25) is 0 Å². The molecule has 0 saturated heterocycles. The van der Waals surface area contributed by atoms with Crippen molar-refractivity contribution in [3.63, 3.8) is 0 Å². The summed E-state index contributed by atoms with van der Waals surface area (Å²) in [5.41, 5.74) is -0.770. The largest absolute Gasteiger partial charge is 0.478 e. The van der Waals surface area contributed by atoms with Crippen LogP contribution in [-0.2, 0) is 6.18 Å². The Morgan fingerprint density at radius 2 is 1.65 bits per heavy atom. The van der Waals surface area contributed by atoms with E-state index in [1.54, 1.807) is 0 Å². The third-order valence-corrected chi connectivity index (χ3v) is 2.87. The number of aliphatic hydroxyl groups is 1. The van der Waals surface area contributed by atoms with Gasteiger partial charge in [-0.05, 0) is 18.9 Å². The Kier molecular flexibility index (Phi) is 7.36. The molecule has 0 saturated carbocycles. The van der Waals surface area contributed by atoms with E-state index in [4.69, 9.17) is 9.84 Å². The van der Waals surface area contributed by atoms with Gasteiger partial charge in [0.15, 0.2) is 0 Å². The predicted molar refractivity (Wildman–Crippen MR) is 69.5 cm³/mol. The first kappa shape index (κ1) is 16.8. The first-order valence-electron chi connectivity index (χ1n) is 6.81. The summed E-state index contributed by atoms with van der Waals surface area (Å²) in [5, 5.41) is 8.61. The Morgan fingerprint density at radius 1 is 1.00 bits per heavy atom. The average molecular weight is 291 g/mol. The molecular weight excluding hydrogens is 271 g/mol. The molecule has 114 valence electrons. The number of pyridine rings is 1. The van der Waals surface area contributed by atoms with E-state index in [1.807, 2.05) is 0 Å². The summed E-state index contributed by atoms with van der Waals surface area (Å²) in [6.07, 6.45) is 2.30. The van der Waals surface area contributed by atoms with Crippen LogP contribution >= 0.6 is 0 Å². The predicted octanol–water partition coefficient (Wildman–Crippen LogP) is 3.81. The maximum atomic E-state index is 12.3. The lowest BCUT2D eigenvalue weighted by molar-refractivity contribution is -0.137. The second kappa shape index (κ2) is 8.79. The van der Waals surface area contributed by atoms with Crippen LogP contribution in [0.1, 0.15) is 44.1 Å². The van der Waals surface area contributed by atoms with Crippen molar-refractivity contribution in [3.8, 4) is 5.88 Å². The summed E-state index contributed by atoms with van der Waals surface area (Å²) in [7, 11) is 0. The van der Waals surface area contributed by atoms with Crippen LogP contribution < -0.4 is 4.74 Å². The first-order chi connectivity index (χ1) is 9.54. The number of alkyl halides is 3. The van der Waals surface area contributed by atoms with Gasteiger partial charge in [-0.1, -0.05) is 25.7 Å². The number of aromatic nitrogens is 1. The smallest absolute Gasteiger partial charge is 0.417 e. The van der Waals surface area contributed by atoms with E-state index in [1.165, 1.54) is 6.07 Å². The highest BCUT2D eigenvalue weighted by molar-refractivity contribution is 5.19. The van der Waals surface area contributed by atoms with E-state index in [2.05, 4.69) is 4.98 Å². The number of unbranched alkanes of at least 4 members (excludes halogenated alkanes) is 5. The minimum atomic E-state index is -4.36. The summed E-state index contributed by atoms with van der Waals surface area (Å²) < 4.78 is 42.2. The SMILES string of the molecule is OCCCCCCCCOc1ccc(C(F)(F)F)cn1. The number of hydrogen-bond acceptors (Lipinski definition) is 3. The minimum absolute atomic E-state index is 0.221. The second-order valence-corrected chi connectivity index (χ2v) is 4.58. The molecule has 0 aliphatic carbocycles. The third-order valence-electron chi connectivity index (χ3n) is 2.87. The molecule has 1 aromatic heterocycles. The molecular formula is C14H20F3NO2. The zero-order valence-electron chi connectivity index (χ0n) is 11.3. The van der Waals surface area contributed by atoms with Crippen LogP contribution in [0.15, 0.2) is 18.3 Å². The van der Waals surface area contributed by atoms with Gasteiger partial charge in [-0.15, -0.1) is 0 Å². The molecule has 0 bridgehead atoms. The van der Waals surface area contributed by atoms with E-state index < -0.39 is 11.7 Å². The molecule has 0 atom stereocenters. The Bertz CT molecular complexity index is 366. The zero-order valence-corrected chi connectivity index (χ0v) is 11.3. The van der Waals surface area contributed by atoms with Gasteiger partial charge in [0.2, 0.25) is 5.88 Å². The lowest BCUT2D eigenvalue weighted by Gasteiger charge is -2.08. The summed E-state index contributed by atoms with van der Waals surface area (Å²) in [5.74, 6) is 0.221. The molecule has 1 N–H and O–H groups in total. The molecule has 1 aromatic rings. The quantitative estimate of drug-likeness (QED) is 0.703. The summed E-state index contributed by atoms with van der Waals surface area (Å²) >= 11 is 0. The van der Waals surface area contributed by atoms with Crippen molar-refractivity contribution in [2.24, 2.45) is 0 Å². The van der Waals surface area contributed by atoms with Gasteiger partial charge >= 0.3 is 6.18 Å². The topological polar surface area (TPSA) is 42.4 Å². The summed E-state index contributed by atoms with van der Waals surface area (Å²) in [6.45, 7) is 0.696. The minimum Gasteiger partial charge on any atom is -0.478 e. The van der Waals surface area contributed by atoms with Crippen molar-refractivity contribution in [1.82, 2.24) is 4.98 Å². The number of ether oxygens (including phenoxy) is 1. The zero-order chi connectivity index (χ0) is 14.8. The van der Waals surface area contributed by atoms with E-state index in [-0.39, 0.29) is 12.5 Å². The van der Waals surface area contributed by atoms with Gasteiger partial charge in [0.05, 0.1) is 12.2 Å². The highest BCUT2D eigenvalue weighted by Crippen LogP contribution is 2.29. The Morgan fingerprint density at radius 3 is 2.20 bits per heavy atom. The van der Waals surface area contributed by atoms with Crippen LogP contribution in [0.3, 0.4) is 0 Å². The van der Waals surface area contributed by atoms with E-state index in [0.717, 1.165) is 50.8 Å². The molecule has 0 aromatic carbocycles. The fourth-order valence-corrected chi connectivity index (χ4v) is 1.73. The lowest BCUT2D eigenvalue weighted by Crippen LogP contribution is -2.06. The maximum absolute atomic E-state index is 12.3. The van der Waals surface area contributed by atoms with Crippen molar-refractivity contribution in [1.29, 1.82) is 0 Å². The van der Waals surface area contributed by atoms with Gasteiger partial charge in [0, 0.05) is 18.9 Å². The molecule has 3 nitrogen and oxygen atoms in total. The van der Waals surface area contributed by atoms with Crippen LogP contribution in [-0.4, -0.2) is 23.3 Å². The molecule has 0 spiro atoms. The van der Waals surface area contributed by atoms with Crippen LogP contribution in [0.5, 0.6) is 5.88 Å². The maximum Gasteiger partial charge on any atom is 0.417 e. The average Bonchev–Trinajstić information content (AvgIpc) is 2.41. The molecule has 0 radical (unpaired) electrons. The highest BCUT2D eigenvalue weighted by Gasteiger charge is 2.30. The molecule has 0 unspecified atom stereocenters. The van der Waals surface area contributed by atoms with E-state index in [9.17, 15) is 13.2 Å². The van der Waals surface area contributed by atoms with Gasteiger partial charge in [0.1, 0.15) is 0 Å². The second-order valence-electron chi connectivity index (χ2n) is 4.58. The van der Waals surface area contributed by atoms with Crippen LogP contribution in [0.25, 0.3) is 0 Å². The molecule has 6 heteroatoms. The number of aliphatic hydroxyl groups excluding tert-OH is 1. The monoisotopic (exact) mass is 291 g/mol. The number of hydrogen-bond donors (Lipinski definition) is 1. The van der Waals surface area contributed by atoms with Crippen LogP contribution in [0.4, 0.5) is 13.2 Å². The number of rotatable bonds is 9. The molecule has 1 rings (SSSR count). The summed E-state index contributed by atoms with van der Waals surface area (Å²) in [6, 6.07) is 2.21. The molecule has 20 heavy (non-hydrogen) atoms. The normalized spacial score (nSPS) is 11.6. The number of halogens is 3. The van der Waals surface area contributed by atoms with Crippen molar-refractivity contribution in [3.05, 3.63) is 23.9 Å². The lowest BCUT2D eigenvalue weighted by atomic mass is 10.1. The van der Waals surface area contributed by atoms with Gasteiger partial charge in [-0.3, -0.25) is 0 Å². The molecule has 1 heterocycles. The van der Waals surface area contributed by atoms with Gasteiger partial charge in [-0.2, -0.15) is 13.2 Å². The van der Waals surface area contributed by atoms with Crippen LogP contribution in [0, 0.1) is 0 Å². The van der Waals surface area contributed by atoms with Gasteiger partial charge in [-0.25, -0.2) is 4.98 Å². The Hall–Kier alpha value is -1.30. The fraction of sp³-hybridized carbons (Fsp3) is 0.643. The molecule has 0 fully saturated rings. The number of nitrogens with zero attached hydrogens (tertiary/aromatic N) is 1. The van der Waals surface area contributed by atoms with Crippen molar-refractivity contribution < 1.29 is 23.0 Å². The summed E-state index contributed by atoms with van der Waals surface area (Å²) in [4.78, 5) is 3.63. The fourth-order valence-electron chi connectivity index (χ4n) is 1.73.